The van der Waals surface area contributed by atoms with E-state index < -0.39 is 18.0 Å². The van der Waals surface area contributed by atoms with E-state index in [1.165, 1.54) is 21.1 Å². The summed E-state index contributed by atoms with van der Waals surface area (Å²) in [5.74, 6) is 0.512. The van der Waals surface area contributed by atoms with E-state index in [1.54, 1.807) is 18.2 Å². The summed E-state index contributed by atoms with van der Waals surface area (Å²) in [5, 5.41) is 2.68. The van der Waals surface area contributed by atoms with E-state index in [-0.39, 0.29) is 12.8 Å². The van der Waals surface area contributed by atoms with Gasteiger partial charge in [-0.25, -0.2) is 4.98 Å². The SMILES string of the molecule is COc1ccc(NC(=O)[C@@H](C)OC(=O)CCc2nc3ccccc3o2)cc1OC. The van der Waals surface area contributed by atoms with E-state index in [0.717, 1.165) is 5.52 Å². The van der Waals surface area contributed by atoms with E-state index in [1.807, 2.05) is 24.3 Å². The van der Waals surface area contributed by atoms with Crippen LogP contribution in [0.3, 0.4) is 0 Å². The number of aromatic nitrogens is 1. The van der Waals surface area contributed by atoms with Crippen molar-refractivity contribution in [1.29, 1.82) is 0 Å². The number of nitrogens with zero attached hydrogens (tertiary/aromatic N) is 1. The lowest BCUT2D eigenvalue weighted by Gasteiger charge is -2.14. The standard InChI is InChI=1S/C21H22N2O6/c1-13(21(25)22-14-8-9-17(26-2)18(12-14)27-3)28-20(24)11-10-19-23-15-6-4-5-7-16(15)29-19/h4-9,12-13H,10-11H2,1-3H3,(H,22,25)/t13-/m1/s1. The molecule has 3 rings (SSSR count). The molecule has 0 unspecified atom stereocenters. The number of hydrogen-bond acceptors (Lipinski definition) is 7. The number of methoxy groups -OCH3 is 2. The maximum Gasteiger partial charge on any atom is 0.307 e. The van der Waals surface area contributed by atoms with E-state index >= 15 is 0 Å². The average Bonchev–Trinajstić information content (AvgIpc) is 3.15. The Balaban J connectivity index is 1.51. The molecule has 0 spiro atoms. The van der Waals surface area contributed by atoms with Crippen LogP contribution in [0.1, 0.15) is 19.2 Å². The smallest absolute Gasteiger partial charge is 0.307 e. The Labute approximate surface area is 167 Å². The molecule has 2 aromatic carbocycles. The molecule has 0 radical (unpaired) electrons. The number of para-hydroxylation sites is 2. The number of ether oxygens (including phenoxy) is 3. The van der Waals surface area contributed by atoms with Crippen LogP contribution < -0.4 is 14.8 Å². The van der Waals surface area contributed by atoms with Crippen LogP contribution in [0, 0.1) is 0 Å². The molecule has 0 saturated heterocycles. The highest BCUT2D eigenvalue weighted by Gasteiger charge is 2.19. The lowest BCUT2D eigenvalue weighted by Crippen LogP contribution is -2.30. The minimum atomic E-state index is -0.959. The number of esters is 1. The molecule has 8 heteroatoms. The van der Waals surface area contributed by atoms with Gasteiger partial charge in [0.25, 0.3) is 5.91 Å². The quantitative estimate of drug-likeness (QED) is 0.581. The molecule has 1 amide bonds. The highest BCUT2D eigenvalue weighted by atomic mass is 16.5. The molecule has 29 heavy (non-hydrogen) atoms. The molecule has 0 fully saturated rings. The maximum absolute atomic E-state index is 12.3. The molecular formula is C21H22N2O6. The zero-order chi connectivity index (χ0) is 20.8. The number of aryl methyl sites for hydroxylation is 1. The fourth-order valence-electron chi connectivity index (χ4n) is 2.70. The molecule has 1 heterocycles. The Hall–Kier alpha value is -3.55. The summed E-state index contributed by atoms with van der Waals surface area (Å²) in [6, 6.07) is 12.3. The fraction of sp³-hybridized carbons (Fsp3) is 0.286. The van der Waals surface area contributed by atoms with Crippen LogP contribution in [0.5, 0.6) is 11.5 Å². The molecule has 1 aromatic heterocycles. The number of amides is 1. The summed E-state index contributed by atoms with van der Waals surface area (Å²) in [5.41, 5.74) is 1.90. The van der Waals surface area contributed by atoms with Gasteiger partial charge in [-0.15, -0.1) is 0 Å². The van der Waals surface area contributed by atoms with Gasteiger partial charge >= 0.3 is 5.97 Å². The second-order valence-corrected chi connectivity index (χ2v) is 6.27. The number of oxazole rings is 1. The molecule has 1 atom stereocenters. The molecule has 152 valence electrons. The minimum Gasteiger partial charge on any atom is -0.493 e. The summed E-state index contributed by atoms with van der Waals surface area (Å²) in [4.78, 5) is 28.7. The highest BCUT2D eigenvalue weighted by Crippen LogP contribution is 2.29. The molecule has 0 aliphatic carbocycles. The van der Waals surface area contributed by atoms with Gasteiger partial charge in [0.05, 0.1) is 20.6 Å². The Morgan fingerprint density at radius 2 is 1.86 bits per heavy atom. The van der Waals surface area contributed by atoms with Crippen LogP contribution in [0.25, 0.3) is 11.1 Å². The van der Waals surface area contributed by atoms with E-state index in [4.69, 9.17) is 18.6 Å². The van der Waals surface area contributed by atoms with Gasteiger partial charge in [-0.3, -0.25) is 9.59 Å². The lowest BCUT2D eigenvalue weighted by atomic mass is 10.2. The third-order valence-corrected chi connectivity index (χ3v) is 4.21. The Morgan fingerprint density at radius 3 is 2.59 bits per heavy atom. The van der Waals surface area contributed by atoms with E-state index in [9.17, 15) is 9.59 Å². The molecule has 8 nitrogen and oxygen atoms in total. The van der Waals surface area contributed by atoms with Crippen molar-refractivity contribution in [2.45, 2.75) is 25.9 Å². The van der Waals surface area contributed by atoms with Crippen LogP contribution in [-0.2, 0) is 20.7 Å². The number of carbonyl (C=O) groups excluding carboxylic acids is 2. The average molecular weight is 398 g/mol. The van der Waals surface area contributed by atoms with Crippen LogP contribution in [0.15, 0.2) is 46.9 Å². The first-order valence-corrected chi connectivity index (χ1v) is 9.07. The van der Waals surface area contributed by atoms with Crippen molar-refractivity contribution >= 4 is 28.7 Å². The number of carbonyl (C=O) groups is 2. The van der Waals surface area contributed by atoms with Gasteiger partial charge in [0.1, 0.15) is 5.52 Å². The molecule has 3 aromatic rings. The first-order valence-electron chi connectivity index (χ1n) is 9.07. The van der Waals surface area contributed by atoms with Gasteiger partial charge in [-0.2, -0.15) is 0 Å². The van der Waals surface area contributed by atoms with Gasteiger partial charge in [0.2, 0.25) is 0 Å². The molecular weight excluding hydrogens is 376 g/mol. The van der Waals surface area contributed by atoms with Crippen LogP contribution in [0.2, 0.25) is 0 Å². The molecule has 1 N–H and O–H groups in total. The molecule has 0 bridgehead atoms. The fourth-order valence-corrected chi connectivity index (χ4v) is 2.70. The third kappa shape index (κ3) is 5.04. The van der Waals surface area contributed by atoms with E-state index in [0.29, 0.717) is 28.7 Å². The van der Waals surface area contributed by atoms with Crippen LogP contribution in [-0.4, -0.2) is 37.2 Å². The van der Waals surface area contributed by atoms with Gasteiger partial charge in [0.15, 0.2) is 29.1 Å². The minimum absolute atomic E-state index is 0.0563. The summed E-state index contributed by atoms with van der Waals surface area (Å²) in [6.07, 6.45) is -0.613. The normalized spacial score (nSPS) is 11.7. The van der Waals surface area contributed by atoms with Gasteiger partial charge < -0.3 is 23.9 Å². The summed E-state index contributed by atoms with van der Waals surface area (Å²) in [6.45, 7) is 1.51. The second-order valence-electron chi connectivity index (χ2n) is 6.27. The monoisotopic (exact) mass is 398 g/mol. The van der Waals surface area contributed by atoms with Crippen molar-refractivity contribution < 1.29 is 28.2 Å². The van der Waals surface area contributed by atoms with Crippen molar-refractivity contribution in [2.24, 2.45) is 0 Å². The van der Waals surface area contributed by atoms with E-state index in [2.05, 4.69) is 10.3 Å². The predicted octanol–water partition coefficient (Wildman–Crippen LogP) is 3.35. The summed E-state index contributed by atoms with van der Waals surface area (Å²) in [7, 11) is 3.03. The number of nitrogens with one attached hydrogen (secondary N) is 1. The van der Waals surface area contributed by atoms with Crippen LogP contribution >= 0.6 is 0 Å². The first-order chi connectivity index (χ1) is 14.0. The summed E-state index contributed by atoms with van der Waals surface area (Å²) >= 11 is 0. The van der Waals surface area contributed by atoms with Crippen molar-refractivity contribution in [3.8, 4) is 11.5 Å². The van der Waals surface area contributed by atoms with Gasteiger partial charge in [-0.1, -0.05) is 12.1 Å². The van der Waals surface area contributed by atoms with Gasteiger partial charge in [-0.05, 0) is 31.2 Å². The largest absolute Gasteiger partial charge is 0.493 e. The zero-order valence-electron chi connectivity index (χ0n) is 16.4. The van der Waals surface area contributed by atoms with Crippen LogP contribution in [0.4, 0.5) is 5.69 Å². The number of fused-ring (bicyclic) bond motifs is 1. The van der Waals surface area contributed by atoms with Gasteiger partial charge in [0, 0.05) is 18.2 Å². The highest BCUT2D eigenvalue weighted by molar-refractivity contribution is 5.95. The molecule has 0 saturated carbocycles. The Bertz CT molecular complexity index is 980. The number of hydrogen-bond donors (Lipinski definition) is 1. The van der Waals surface area contributed by atoms with Crippen molar-refractivity contribution in [3.05, 3.63) is 48.4 Å². The number of anilines is 1. The zero-order valence-corrected chi connectivity index (χ0v) is 16.4. The molecule has 0 aliphatic heterocycles. The molecule has 0 aliphatic rings. The lowest BCUT2D eigenvalue weighted by molar-refractivity contribution is -0.153. The summed E-state index contributed by atoms with van der Waals surface area (Å²) < 4.78 is 21.1. The topological polar surface area (TPSA) is 99.9 Å². The Morgan fingerprint density at radius 1 is 1.10 bits per heavy atom. The third-order valence-electron chi connectivity index (χ3n) is 4.21. The van der Waals surface area contributed by atoms with Crippen molar-refractivity contribution in [1.82, 2.24) is 4.98 Å². The van der Waals surface area contributed by atoms with Crippen molar-refractivity contribution in [3.63, 3.8) is 0 Å². The second kappa shape index (κ2) is 9.09. The number of benzene rings is 2. The first kappa shape index (κ1) is 20.2. The Kier molecular flexibility index (Phi) is 6.33. The maximum atomic E-state index is 12.3. The van der Waals surface area contributed by atoms with Crippen molar-refractivity contribution in [2.75, 3.05) is 19.5 Å². The number of rotatable bonds is 8. The predicted molar refractivity (Wildman–Crippen MR) is 106 cm³/mol.